The van der Waals surface area contributed by atoms with Crippen molar-refractivity contribution in [2.75, 3.05) is 0 Å². The summed E-state index contributed by atoms with van der Waals surface area (Å²) in [5, 5.41) is 21.7. The average molecular weight is 413 g/mol. The van der Waals surface area contributed by atoms with Crippen LogP contribution in [0.1, 0.15) is 86.5 Å². The van der Waals surface area contributed by atoms with Crippen LogP contribution < -0.4 is 0 Å². The molecular weight excluding hydrogens is 368 g/mol. The third-order valence-corrected chi connectivity index (χ3v) is 9.85. The van der Waals surface area contributed by atoms with E-state index in [-0.39, 0.29) is 23.0 Å². The molecule has 4 aliphatic carbocycles. The molecule has 2 fully saturated rings. The number of hydrogen-bond donors (Lipinski definition) is 2. The molecule has 2 nitrogen and oxygen atoms in total. The number of rotatable bonds is 4. The normalized spacial score (nSPS) is 43.3. The Morgan fingerprint density at radius 1 is 1.03 bits per heavy atom. The lowest BCUT2D eigenvalue weighted by Crippen LogP contribution is -2.47. The van der Waals surface area contributed by atoms with Gasteiger partial charge in [0, 0.05) is 5.41 Å². The summed E-state index contributed by atoms with van der Waals surface area (Å²) in [6, 6.07) is 0. The molecule has 0 aliphatic heterocycles. The molecule has 0 aromatic carbocycles. The van der Waals surface area contributed by atoms with Crippen molar-refractivity contribution >= 4 is 0 Å². The van der Waals surface area contributed by atoms with Crippen LogP contribution in [0.3, 0.4) is 0 Å². The molecule has 0 heterocycles. The van der Waals surface area contributed by atoms with Crippen LogP contribution in [-0.4, -0.2) is 22.4 Å². The molecule has 0 amide bonds. The van der Waals surface area contributed by atoms with Gasteiger partial charge in [-0.3, -0.25) is 0 Å². The SMILES string of the molecule is CC(C)[C@@H](C)/C=C\[C@H](C)[C@H]1CC[C@@H]2C3=C([C@H](O)C[C@@]21C)[C@@]1(C)CC[C@@H](O)CC1=CC3. The molecule has 2 N–H and O–H groups in total. The van der Waals surface area contributed by atoms with Gasteiger partial charge in [-0.2, -0.15) is 0 Å². The lowest BCUT2D eigenvalue weighted by atomic mass is 9.52. The highest BCUT2D eigenvalue weighted by molar-refractivity contribution is 5.45. The van der Waals surface area contributed by atoms with E-state index >= 15 is 0 Å². The first-order valence-corrected chi connectivity index (χ1v) is 12.5. The molecule has 168 valence electrons. The second kappa shape index (κ2) is 7.93. The van der Waals surface area contributed by atoms with Crippen molar-refractivity contribution in [1.29, 1.82) is 0 Å². The monoisotopic (exact) mass is 412 g/mol. The van der Waals surface area contributed by atoms with E-state index < -0.39 is 0 Å². The summed E-state index contributed by atoms with van der Waals surface area (Å²) in [5.74, 6) is 3.12. The zero-order valence-electron chi connectivity index (χ0n) is 20.1. The van der Waals surface area contributed by atoms with Crippen molar-refractivity contribution in [2.24, 2.45) is 40.4 Å². The van der Waals surface area contributed by atoms with E-state index in [1.54, 1.807) is 5.57 Å². The topological polar surface area (TPSA) is 40.5 Å². The van der Waals surface area contributed by atoms with Crippen molar-refractivity contribution in [2.45, 2.75) is 98.7 Å². The minimum absolute atomic E-state index is 0.0239. The summed E-state index contributed by atoms with van der Waals surface area (Å²) in [6.45, 7) is 14.1. The van der Waals surface area contributed by atoms with Crippen LogP contribution in [0.15, 0.2) is 34.9 Å². The fourth-order valence-corrected chi connectivity index (χ4v) is 7.64. The predicted molar refractivity (Wildman–Crippen MR) is 125 cm³/mol. The Balaban J connectivity index is 1.62. The molecule has 8 atom stereocenters. The summed E-state index contributed by atoms with van der Waals surface area (Å²) in [7, 11) is 0. The van der Waals surface area contributed by atoms with Gasteiger partial charge in [0.2, 0.25) is 0 Å². The maximum Gasteiger partial charge on any atom is 0.0766 e. The van der Waals surface area contributed by atoms with E-state index in [1.165, 1.54) is 24.0 Å². The van der Waals surface area contributed by atoms with Gasteiger partial charge in [-0.25, -0.2) is 0 Å². The lowest BCUT2D eigenvalue weighted by molar-refractivity contribution is 0.0304. The van der Waals surface area contributed by atoms with Gasteiger partial charge in [0.05, 0.1) is 12.2 Å². The molecule has 2 saturated carbocycles. The van der Waals surface area contributed by atoms with E-state index in [0.29, 0.717) is 29.6 Å². The number of aliphatic hydroxyl groups excluding tert-OH is 2. The minimum Gasteiger partial charge on any atom is -0.393 e. The quantitative estimate of drug-likeness (QED) is 0.521. The highest BCUT2D eigenvalue weighted by atomic mass is 16.3. The van der Waals surface area contributed by atoms with Crippen molar-refractivity contribution in [3.05, 3.63) is 34.9 Å². The van der Waals surface area contributed by atoms with Crippen molar-refractivity contribution < 1.29 is 10.2 Å². The second-order valence-electron chi connectivity index (χ2n) is 11.9. The highest BCUT2D eigenvalue weighted by Gasteiger charge is 2.56. The third kappa shape index (κ3) is 3.47. The number of allylic oxidation sites excluding steroid dienone is 4. The van der Waals surface area contributed by atoms with Crippen molar-refractivity contribution in [3.8, 4) is 0 Å². The summed E-state index contributed by atoms with van der Waals surface area (Å²) >= 11 is 0. The second-order valence-corrected chi connectivity index (χ2v) is 11.9. The molecule has 4 aliphatic rings. The molecule has 0 unspecified atom stereocenters. The molecular formula is C28H44O2. The smallest absolute Gasteiger partial charge is 0.0766 e. The Morgan fingerprint density at radius 3 is 2.47 bits per heavy atom. The highest BCUT2D eigenvalue weighted by Crippen LogP contribution is 2.64. The Kier molecular flexibility index (Phi) is 5.90. The van der Waals surface area contributed by atoms with Gasteiger partial charge in [-0.05, 0) is 85.5 Å². The Morgan fingerprint density at radius 2 is 1.77 bits per heavy atom. The van der Waals surface area contributed by atoms with E-state index in [4.69, 9.17) is 0 Å². The lowest BCUT2D eigenvalue weighted by Gasteiger charge is -2.53. The van der Waals surface area contributed by atoms with Gasteiger partial charge < -0.3 is 10.2 Å². The Bertz CT molecular complexity index is 759. The van der Waals surface area contributed by atoms with E-state index in [0.717, 1.165) is 32.1 Å². The van der Waals surface area contributed by atoms with Gasteiger partial charge in [0.15, 0.2) is 0 Å². The van der Waals surface area contributed by atoms with E-state index in [9.17, 15) is 10.2 Å². The van der Waals surface area contributed by atoms with Gasteiger partial charge in [-0.1, -0.05) is 70.9 Å². The fraction of sp³-hybridized carbons (Fsp3) is 0.786. The molecule has 2 heteroatoms. The summed E-state index contributed by atoms with van der Waals surface area (Å²) in [4.78, 5) is 0. The summed E-state index contributed by atoms with van der Waals surface area (Å²) in [5.41, 5.74) is 4.47. The zero-order valence-corrected chi connectivity index (χ0v) is 20.1. The molecule has 0 radical (unpaired) electrons. The third-order valence-electron chi connectivity index (χ3n) is 9.85. The summed E-state index contributed by atoms with van der Waals surface area (Å²) < 4.78 is 0. The van der Waals surface area contributed by atoms with Crippen LogP contribution in [-0.2, 0) is 0 Å². The van der Waals surface area contributed by atoms with Crippen molar-refractivity contribution in [1.82, 2.24) is 0 Å². The largest absolute Gasteiger partial charge is 0.393 e. The van der Waals surface area contributed by atoms with Gasteiger partial charge in [0.1, 0.15) is 0 Å². The van der Waals surface area contributed by atoms with Crippen LogP contribution in [0.2, 0.25) is 0 Å². The molecule has 0 bridgehead atoms. The van der Waals surface area contributed by atoms with Crippen molar-refractivity contribution in [3.63, 3.8) is 0 Å². The van der Waals surface area contributed by atoms with E-state index in [2.05, 4.69) is 59.8 Å². The fourth-order valence-electron chi connectivity index (χ4n) is 7.64. The maximum absolute atomic E-state index is 11.5. The molecule has 30 heavy (non-hydrogen) atoms. The molecule has 0 aromatic rings. The zero-order chi connectivity index (χ0) is 21.8. The molecule has 0 spiro atoms. The summed E-state index contributed by atoms with van der Waals surface area (Å²) in [6.07, 6.45) is 13.9. The van der Waals surface area contributed by atoms with Crippen LogP contribution in [0.4, 0.5) is 0 Å². The number of hydrogen-bond acceptors (Lipinski definition) is 2. The van der Waals surface area contributed by atoms with Gasteiger partial charge >= 0.3 is 0 Å². The van der Waals surface area contributed by atoms with E-state index in [1.807, 2.05) is 0 Å². The maximum atomic E-state index is 11.5. The Labute approximate surface area is 184 Å². The first-order chi connectivity index (χ1) is 14.1. The van der Waals surface area contributed by atoms with Gasteiger partial charge in [0.25, 0.3) is 0 Å². The first-order valence-electron chi connectivity index (χ1n) is 12.5. The van der Waals surface area contributed by atoms with Gasteiger partial charge in [-0.15, -0.1) is 0 Å². The minimum atomic E-state index is -0.323. The van der Waals surface area contributed by atoms with Crippen LogP contribution in [0, 0.1) is 40.4 Å². The van der Waals surface area contributed by atoms with Crippen LogP contribution in [0.25, 0.3) is 0 Å². The van der Waals surface area contributed by atoms with Crippen LogP contribution in [0.5, 0.6) is 0 Å². The van der Waals surface area contributed by atoms with Crippen LogP contribution >= 0.6 is 0 Å². The number of aliphatic hydroxyl groups is 2. The average Bonchev–Trinajstić information content (AvgIpc) is 3.02. The predicted octanol–water partition coefficient (Wildman–Crippen LogP) is 6.45. The first kappa shape index (κ1) is 22.3. The molecule has 4 rings (SSSR count). The standard InChI is InChI=1S/C28H44O2/c1-17(2)18(3)7-8-19(4)23-11-12-24-22-10-9-20-15-21(29)13-14-27(20,5)26(22)25(30)16-28(23,24)6/h7-9,17-19,21,23-25,29-30H,10-16H2,1-6H3/b8-7-/t18-,19-,21+,23+,24+,25+,27-,28+/m0/s1. The molecule has 0 aromatic heterocycles. The molecule has 0 saturated heterocycles. The number of fused-ring (bicyclic) bond motifs is 4. The Hall–Kier alpha value is -0.860.